The summed E-state index contributed by atoms with van der Waals surface area (Å²) in [7, 11) is -3.90. The number of piperazine rings is 1. The number of aryl methyl sites for hydroxylation is 1. The van der Waals surface area contributed by atoms with Crippen LogP contribution in [0.5, 0.6) is 0 Å². The van der Waals surface area contributed by atoms with Gasteiger partial charge in [0.2, 0.25) is 21.8 Å². The molecule has 3 rings (SSSR count). The number of nitrogens with one attached hydrogen (secondary N) is 1. The van der Waals surface area contributed by atoms with Gasteiger partial charge in [-0.25, -0.2) is 8.42 Å². The quantitative estimate of drug-likeness (QED) is 0.622. The van der Waals surface area contributed by atoms with Gasteiger partial charge in [-0.05, 0) is 41.2 Å². The number of hydrogen-bond acceptors (Lipinski definition) is 4. The molecule has 0 aliphatic carbocycles. The van der Waals surface area contributed by atoms with Crippen LogP contribution in [0.4, 0.5) is 0 Å². The number of benzene rings is 2. The van der Waals surface area contributed by atoms with Crippen molar-refractivity contribution in [1.82, 2.24) is 14.5 Å². The molecular formula is C26H35N3O4S. The summed E-state index contributed by atoms with van der Waals surface area (Å²) in [5.74, 6) is -0.175. The van der Waals surface area contributed by atoms with Crippen LogP contribution in [-0.2, 0) is 32.6 Å². The Kier molecular flexibility index (Phi) is 8.49. The predicted octanol–water partition coefficient (Wildman–Crippen LogP) is 3.30. The normalized spacial score (nSPS) is 17.1. The van der Waals surface area contributed by atoms with Crippen molar-refractivity contribution in [3.63, 3.8) is 0 Å². The second-order valence-corrected chi connectivity index (χ2v) is 11.0. The summed E-state index contributed by atoms with van der Waals surface area (Å²) in [6.45, 7) is 8.37. The Bertz CT molecular complexity index is 1100. The van der Waals surface area contributed by atoms with Crippen molar-refractivity contribution in [1.29, 1.82) is 0 Å². The number of rotatable bonds is 8. The third-order valence-corrected chi connectivity index (χ3v) is 8.18. The Labute approximate surface area is 203 Å². The van der Waals surface area contributed by atoms with Crippen LogP contribution in [0.25, 0.3) is 0 Å². The van der Waals surface area contributed by atoms with Crippen molar-refractivity contribution in [2.45, 2.75) is 63.9 Å². The molecule has 7 nitrogen and oxygen atoms in total. The van der Waals surface area contributed by atoms with Gasteiger partial charge in [-0.3, -0.25) is 9.59 Å². The fraction of sp³-hybridized carbons (Fsp3) is 0.462. The summed E-state index contributed by atoms with van der Waals surface area (Å²) in [5.41, 5.74) is 3.21. The molecule has 0 spiro atoms. The molecule has 184 valence electrons. The standard InChI is InChI=1S/C26H35N3O4S/c1-5-6-21-9-13-24(14-10-21)34(32,33)29-16-15-28(20(4)30)18-25(29)26(31)27-17-22-7-11-23(12-8-22)19(2)3/h7-14,19,25H,5-6,15-18H2,1-4H3,(H,27,31)/t25-/m1/s1. The highest BCUT2D eigenvalue weighted by atomic mass is 32.2. The largest absolute Gasteiger partial charge is 0.351 e. The SMILES string of the molecule is CCCc1ccc(S(=O)(=O)N2CCN(C(C)=O)C[C@@H]2C(=O)NCc2ccc(C(C)C)cc2)cc1. The lowest BCUT2D eigenvalue weighted by atomic mass is 10.0. The van der Waals surface area contributed by atoms with Crippen molar-refractivity contribution in [2.24, 2.45) is 0 Å². The van der Waals surface area contributed by atoms with Crippen LogP contribution < -0.4 is 5.32 Å². The molecule has 0 bridgehead atoms. The zero-order valence-corrected chi connectivity index (χ0v) is 21.3. The molecule has 2 amide bonds. The van der Waals surface area contributed by atoms with Gasteiger partial charge in [-0.2, -0.15) is 4.31 Å². The molecule has 0 aromatic heterocycles. The van der Waals surface area contributed by atoms with Gasteiger partial charge in [0.05, 0.1) is 4.90 Å². The monoisotopic (exact) mass is 485 g/mol. The second kappa shape index (κ2) is 11.1. The van der Waals surface area contributed by atoms with Crippen LogP contribution in [0.15, 0.2) is 53.4 Å². The van der Waals surface area contributed by atoms with Gasteiger partial charge >= 0.3 is 0 Å². The van der Waals surface area contributed by atoms with Crippen LogP contribution in [-0.4, -0.2) is 55.1 Å². The molecule has 34 heavy (non-hydrogen) atoms. The van der Waals surface area contributed by atoms with E-state index in [1.54, 1.807) is 12.1 Å². The molecule has 2 aromatic carbocycles. The molecule has 1 N–H and O–H groups in total. The smallest absolute Gasteiger partial charge is 0.243 e. The van der Waals surface area contributed by atoms with Gasteiger partial charge < -0.3 is 10.2 Å². The van der Waals surface area contributed by atoms with E-state index in [-0.39, 0.29) is 37.0 Å². The highest BCUT2D eigenvalue weighted by Gasteiger charge is 2.40. The maximum atomic E-state index is 13.5. The average molecular weight is 486 g/mol. The highest BCUT2D eigenvalue weighted by molar-refractivity contribution is 7.89. The molecule has 1 saturated heterocycles. The number of hydrogen-bond donors (Lipinski definition) is 1. The minimum absolute atomic E-state index is 0.0284. The Balaban J connectivity index is 1.79. The summed E-state index contributed by atoms with van der Waals surface area (Å²) in [4.78, 5) is 26.9. The summed E-state index contributed by atoms with van der Waals surface area (Å²) in [6.07, 6.45) is 1.85. The number of amides is 2. The van der Waals surface area contributed by atoms with Crippen molar-refractivity contribution in [3.05, 3.63) is 65.2 Å². The third-order valence-electron chi connectivity index (χ3n) is 6.26. The van der Waals surface area contributed by atoms with Crippen molar-refractivity contribution in [2.75, 3.05) is 19.6 Å². The Morgan fingerprint density at radius 3 is 2.18 bits per heavy atom. The lowest BCUT2D eigenvalue weighted by molar-refractivity contribution is -0.134. The van der Waals surface area contributed by atoms with E-state index in [1.807, 2.05) is 36.4 Å². The highest BCUT2D eigenvalue weighted by Crippen LogP contribution is 2.23. The van der Waals surface area contributed by atoms with Crippen LogP contribution in [0.2, 0.25) is 0 Å². The lowest BCUT2D eigenvalue weighted by Crippen LogP contribution is -2.61. The predicted molar refractivity (Wildman–Crippen MR) is 133 cm³/mol. The van der Waals surface area contributed by atoms with E-state index in [2.05, 4.69) is 26.1 Å². The van der Waals surface area contributed by atoms with E-state index in [0.717, 1.165) is 24.0 Å². The number of carbonyl (C=O) groups is 2. The molecule has 1 aliphatic rings. The fourth-order valence-corrected chi connectivity index (χ4v) is 5.70. The number of carbonyl (C=O) groups excluding carboxylic acids is 2. The summed E-state index contributed by atoms with van der Waals surface area (Å²) < 4.78 is 28.2. The molecule has 2 aromatic rings. The topological polar surface area (TPSA) is 86.8 Å². The van der Waals surface area contributed by atoms with Crippen molar-refractivity contribution < 1.29 is 18.0 Å². The van der Waals surface area contributed by atoms with Gasteiger partial charge in [-0.15, -0.1) is 0 Å². The third kappa shape index (κ3) is 6.04. The zero-order chi connectivity index (χ0) is 24.9. The minimum Gasteiger partial charge on any atom is -0.351 e. The first-order valence-electron chi connectivity index (χ1n) is 11.9. The number of nitrogens with zero attached hydrogens (tertiary/aromatic N) is 2. The Morgan fingerprint density at radius 1 is 1.00 bits per heavy atom. The van der Waals surface area contributed by atoms with Gasteiger partial charge in [0.25, 0.3) is 0 Å². The van der Waals surface area contributed by atoms with Crippen molar-refractivity contribution in [3.8, 4) is 0 Å². The Morgan fingerprint density at radius 2 is 1.62 bits per heavy atom. The van der Waals surface area contributed by atoms with Crippen LogP contribution >= 0.6 is 0 Å². The molecule has 0 saturated carbocycles. The van der Waals surface area contributed by atoms with Gasteiger partial charge in [0.15, 0.2) is 0 Å². The first-order chi connectivity index (χ1) is 16.1. The summed E-state index contributed by atoms with van der Waals surface area (Å²) in [5, 5.41) is 2.87. The maximum absolute atomic E-state index is 13.5. The second-order valence-electron chi connectivity index (χ2n) is 9.10. The molecule has 1 fully saturated rings. The van der Waals surface area contributed by atoms with Gasteiger partial charge in [-0.1, -0.05) is 63.6 Å². The van der Waals surface area contributed by atoms with E-state index in [4.69, 9.17) is 0 Å². The van der Waals surface area contributed by atoms with E-state index in [0.29, 0.717) is 5.92 Å². The number of sulfonamides is 1. The van der Waals surface area contributed by atoms with Gasteiger partial charge in [0.1, 0.15) is 6.04 Å². The van der Waals surface area contributed by atoms with Crippen LogP contribution in [0, 0.1) is 0 Å². The molecule has 1 atom stereocenters. The molecule has 0 radical (unpaired) electrons. The molecule has 1 heterocycles. The zero-order valence-electron chi connectivity index (χ0n) is 20.5. The molecule has 1 aliphatic heterocycles. The van der Waals surface area contributed by atoms with E-state index in [1.165, 1.54) is 21.7 Å². The van der Waals surface area contributed by atoms with Crippen LogP contribution in [0.1, 0.15) is 56.7 Å². The molecular weight excluding hydrogens is 450 g/mol. The molecule has 0 unspecified atom stereocenters. The Hall–Kier alpha value is -2.71. The summed E-state index contributed by atoms with van der Waals surface area (Å²) in [6, 6.07) is 13.8. The fourth-order valence-electron chi connectivity index (χ4n) is 4.13. The first kappa shape index (κ1) is 25.9. The minimum atomic E-state index is -3.90. The van der Waals surface area contributed by atoms with Crippen LogP contribution in [0.3, 0.4) is 0 Å². The lowest BCUT2D eigenvalue weighted by Gasteiger charge is -2.39. The first-order valence-corrected chi connectivity index (χ1v) is 13.3. The van der Waals surface area contributed by atoms with E-state index in [9.17, 15) is 18.0 Å². The van der Waals surface area contributed by atoms with E-state index < -0.39 is 22.0 Å². The summed E-state index contributed by atoms with van der Waals surface area (Å²) >= 11 is 0. The maximum Gasteiger partial charge on any atom is 0.243 e. The molecule has 8 heteroatoms. The van der Waals surface area contributed by atoms with Crippen molar-refractivity contribution >= 4 is 21.8 Å². The van der Waals surface area contributed by atoms with Gasteiger partial charge in [0, 0.05) is 33.1 Å². The average Bonchev–Trinajstić information content (AvgIpc) is 2.83. The van der Waals surface area contributed by atoms with E-state index >= 15 is 0 Å².